The molecule has 1 aromatic carbocycles. The molecule has 0 unspecified atom stereocenters. The monoisotopic (exact) mass is 248 g/mol. The Morgan fingerprint density at radius 1 is 1.28 bits per heavy atom. The van der Waals surface area contributed by atoms with Crippen LogP contribution >= 0.6 is 0 Å². The number of rotatable bonds is 5. The Balaban J connectivity index is 2.10. The van der Waals surface area contributed by atoms with Crippen molar-refractivity contribution in [3.05, 3.63) is 29.3 Å². The van der Waals surface area contributed by atoms with Gasteiger partial charge in [-0.2, -0.15) is 0 Å². The Hall–Kier alpha value is -1.06. The summed E-state index contributed by atoms with van der Waals surface area (Å²) in [7, 11) is 0. The summed E-state index contributed by atoms with van der Waals surface area (Å²) in [5.74, 6) is 0.948. The third kappa shape index (κ3) is 3.47. The standard InChI is InChI=1S/C15H24N2O/c1-12(2)18-15-9-13(5-6-14(15)10-16)11-17-7-3-4-8-17/h5-6,9,12H,3-4,7-8,10-11,16H2,1-2H3. The van der Waals surface area contributed by atoms with Crippen LogP contribution < -0.4 is 10.5 Å². The Kier molecular flexibility index (Phi) is 4.61. The molecule has 2 N–H and O–H groups in total. The average Bonchev–Trinajstić information content (AvgIpc) is 2.81. The maximum Gasteiger partial charge on any atom is 0.124 e. The average molecular weight is 248 g/mol. The summed E-state index contributed by atoms with van der Waals surface area (Å²) in [6.07, 6.45) is 2.85. The van der Waals surface area contributed by atoms with Gasteiger partial charge >= 0.3 is 0 Å². The van der Waals surface area contributed by atoms with E-state index in [0.717, 1.165) is 17.9 Å². The lowest BCUT2D eigenvalue weighted by Gasteiger charge is -2.18. The highest BCUT2D eigenvalue weighted by molar-refractivity contribution is 5.37. The second-order valence-corrected chi connectivity index (χ2v) is 5.30. The van der Waals surface area contributed by atoms with Gasteiger partial charge in [0.1, 0.15) is 5.75 Å². The Morgan fingerprint density at radius 3 is 2.61 bits per heavy atom. The lowest BCUT2D eigenvalue weighted by molar-refractivity contribution is 0.239. The number of likely N-dealkylation sites (tertiary alicyclic amines) is 1. The molecule has 1 aliphatic rings. The Labute approximate surface area is 110 Å². The molecular formula is C15H24N2O. The third-order valence-electron chi connectivity index (χ3n) is 3.32. The zero-order chi connectivity index (χ0) is 13.0. The summed E-state index contributed by atoms with van der Waals surface area (Å²) in [4.78, 5) is 2.50. The maximum atomic E-state index is 5.84. The minimum atomic E-state index is 0.192. The van der Waals surface area contributed by atoms with Crippen LogP contribution in [0.25, 0.3) is 0 Å². The van der Waals surface area contributed by atoms with Gasteiger partial charge in [-0.05, 0) is 51.4 Å². The zero-order valence-corrected chi connectivity index (χ0v) is 11.5. The maximum absolute atomic E-state index is 5.84. The largest absolute Gasteiger partial charge is 0.491 e. The molecule has 0 atom stereocenters. The molecule has 1 aromatic rings. The van der Waals surface area contributed by atoms with Gasteiger partial charge in [-0.15, -0.1) is 0 Å². The van der Waals surface area contributed by atoms with E-state index in [1.54, 1.807) is 0 Å². The van der Waals surface area contributed by atoms with Crippen LogP contribution in [0.15, 0.2) is 18.2 Å². The van der Waals surface area contributed by atoms with Crippen LogP contribution in [0.2, 0.25) is 0 Å². The van der Waals surface area contributed by atoms with Gasteiger partial charge in [0.25, 0.3) is 0 Å². The van der Waals surface area contributed by atoms with Gasteiger partial charge in [-0.25, -0.2) is 0 Å². The molecule has 3 nitrogen and oxygen atoms in total. The van der Waals surface area contributed by atoms with Gasteiger partial charge < -0.3 is 10.5 Å². The summed E-state index contributed by atoms with van der Waals surface area (Å²) in [6, 6.07) is 6.43. The van der Waals surface area contributed by atoms with E-state index >= 15 is 0 Å². The first kappa shape index (κ1) is 13.4. The van der Waals surface area contributed by atoms with Crippen LogP contribution in [0.5, 0.6) is 5.75 Å². The van der Waals surface area contributed by atoms with E-state index in [1.165, 1.54) is 31.5 Å². The van der Waals surface area contributed by atoms with E-state index in [9.17, 15) is 0 Å². The second-order valence-electron chi connectivity index (χ2n) is 5.30. The van der Waals surface area contributed by atoms with E-state index in [0.29, 0.717) is 6.54 Å². The molecule has 1 aliphatic heterocycles. The minimum Gasteiger partial charge on any atom is -0.491 e. The van der Waals surface area contributed by atoms with Gasteiger partial charge in [-0.3, -0.25) is 4.90 Å². The molecule has 3 heteroatoms. The smallest absolute Gasteiger partial charge is 0.124 e. The highest BCUT2D eigenvalue weighted by Crippen LogP contribution is 2.23. The van der Waals surface area contributed by atoms with Crippen molar-refractivity contribution in [2.24, 2.45) is 5.73 Å². The first-order chi connectivity index (χ1) is 8.69. The van der Waals surface area contributed by atoms with Crippen molar-refractivity contribution in [1.29, 1.82) is 0 Å². The summed E-state index contributed by atoms with van der Waals surface area (Å²) < 4.78 is 5.84. The van der Waals surface area contributed by atoms with Gasteiger partial charge in [0.05, 0.1) is 6.10 Å². The van der Waals surface area contributed by atoms with Crippen LogP contribution in [0.4, 0.5) is 0 Å². The molecule has 18 heavy (non-hydrogen) atoms. The molecule has 0 saturated carbocycles. The van der Waals surface area contributed by atoms with Crippen molar-refractivity contribution in [3.63, 3.8) is 0 Å². The first-order valence-corrected chi connectivity index (χ1v) is 6.90. The molecular weight excluding hydrogens is 224 g/mol. The predicted octanol–water partition coefficient (Wildman–Crippen LogP) is 2.53. The van der Waals surface area contributed by atoms with Crippen LogP contribution in [0, 0.1) is 0 Å². The van der Waals surface area contributed by atoms with E-state index in [1.807, 2.05) is 13.8 Å². The van der Waals surface area contributed by atoms with E-state index in [2.05, 4.69) is 23.1 Å². The number of nitrogens with zero attached hydrogens (tertiary/aromatic N) is 1. The molecule has 0 aliphatic carbocycles. The molecule has 0 bridgehead atoms. The van der Waals surface area contributed by atoms with E-state index in [-0.39, 0.29) is 6.10 Å². The van der Waals surface area contributed by atoms with Gasteiger partial charge in [0, 0.05) is 18.7 Å². The van der Waals surface area contributed by atoms with E-state index in [4.69, 9.17) is 10.5 Å². The van der Waals surface area contributed by atoms with Crippen molar-refractivity contribution in [1.82, 2.24) is 4.90 Å². The van der Waals surface area contributed by atoms with Crippen LogP contribution in [0.3, 0.4) is 0 Å². The molecule has 1 fully saturated rings. The molecule has 1 saturated heterocycles. The number of hydrogen-bond acceptors (Lipinski definition) is 3. The van der Waals surface area contributed by atoms with Crippen molar-refractivity contribution in [2.75, 3.05) is 13.1 Å². The van der Waals surface area contributed by atoms with Crippen molar-refractivity contribution < 1.29 is 4.74 Å². The van der Waals surface area contributed by atoms with E-state index < -0.39 is 0 Å². The van der Waals surface area contributed by atoms with Gasteiger partial charge in [-0.1, -0.05) is 12.1 Å². The SMILES string of the molecule is CC(C)Oc1cc(CN2CCCC2)ccc1CN. The quantitative estimate of drug-likeness (QED) is 0.870. The van der Waals surface area contributed by atoms with Crippen LogP contribution in [0.1, 0.15) is 37.8 Å². The predicted molar refractivity (Wildman–Crippen MR) is 74.6 cm³/mol. The van der Waals surface area contributed by atoms with Gasteiger partial charge in [0.2, 0.25) is 0 Å². The lowest BCUT2D eigenvalue weighted by atomic mass is 10.1. The van der Waals surface area contributed by atoms with Crippen molar-refractivity contribution >= 4 is 0 Å². The molecule has 0 aromatic heterocycles. The summed E-state index contributed by atoms with van der Waals surface area (Å²) in [5, 5.41) is 0. The molecule has 100 valence electrons. The minimum absolute atomic E-state index is 0.192. The van der Waals surface area contributed by atoms with Crippen molar-refractivity contribution in [3.8, 4) is 5.75 Å². The Bertz CT molecular complexity index is 384. The normalized spacial score (nSPS) is 16.4. The highest BCUT2D eigenvalue weighted by Gasteiger charge is 2.13. The second kappa shape index (κ2) is 6.21. The summed E-state index contributed by atoms with van der Waals surface area (Å²) >= 11 is 0. The number of benzene rings is 1. The van der Waals surface area contributed by atoms with Gasteiger partial charge in [0.15, 0.2) is 0 Å². The van der Waals surface area contributed by atoms with Crippen molar-refractivity contribution in [2.45, 2.75) is 45.9 Å². The van der Waals surface area contributed by atoms with Crippen LogP contribution in [-0.4, -0.2) is 24.1 Å². The molecule has 0 radical (unpaired) electrons. The molecule has 2 rings (SSSR count). The third-order valence-corrected chi connectivity index (χ3v) is 3.32. The number of hydrogen-bond donors (Lipinski definition) is 1. The molecule has 0 spiro atoms. The fourth-order valence-corrected chi connectivity index (χ4v) is 2.43. The number of ether oxygens (including phenoxy) is 1. The fourth-order valence-electron chi connectivity index (χ4n) is 2.43. The topological polar surface area (TPSA) is 38.5 Å². The van der Waals surface area contributed by atoms with Crippen LogP contribution in [-0.2, 0) is 13.1 Å². The summed E-state index contributed by atoms with van der Waals surface area (Å²) in [6.45, 7) is 8.10. The molecule has 1 heterocycles. The summed E-state index contributed by atoms with van der Waals surface area (Å²) in [5.41, 5.74) is 8.17. The lowest BCUT2D eigenvalue weighted by Crippen LogP contribution is -2.18. The number of nitrogens with two attached hydrogens (primary N) is 1. The fraction of sp³-hybridized carbons (Fsp3) is 0.600. The highest BCUT2D eigenvalue weighted by atomic mass is 16.5. The first-order valence-electron chi connectivity index (χ1n) is 6.90. The zero-order valence-electron chi connectivity index (χ0n) is 11.5. The molecule has 0 amide bonds. The Morgan fingerprint density at radius 2 is 2.00 bits per heavy atom.